The second-order valence-electron chi connectivity index (χ2n) is 2.51. The molecule has 0 saturated heterocycles. The highest BCUT2D eigenvalue weighted by Crippen LogP contribution is 2.18. The Morgan fingerprint density at radius 3 is 2.00 bits per heavy atom. The number of halogens is 1. The molecule has 1 rings (SSSR count). The van der Waals surface area contributed by atoms with Gasteiger partial charge in [-0.25, -0.2) is 4.39 Å². The van der Waals surface area contributed by atoms with Crippen molar-refractivity contribution in [2.75, 3.05) is 0 Å². The van der Waals surface area contributed by atoms with Gasteiger partial charge in [0.05, 0.1) is 0 Å². The summed E-state index contributed by atoms with van der Waals surface area (Å²) in [6, 6.07) is 0.280. The summed E-state index contributed by atoms with van der Waals surface area (Å²) in [5.74, 6) is 0. The van der Waals surface area contributed by atoms with Crippen molar-refractivity contribution >= 4 is 0 Å². The van der Waals surface area contributed by atoms with Gasteiger partial charge in [0.2, 0.25) is 0 Å². The van der Waals surface area contributed by atoms with Crippen LogP contribution < -0.4 is 5.73 Å². The molecular weight excluding hydrogens is 105 g/mol. The molecule has 1 saturated carbocycles. The predicted octanol–water partition coefficient (Wildman–Crippen LogP) is 1.23. The lowest BCUT2D eigenvalue weighted by atomic mass is 9.95. The van der Waals surface area contributed by atoms with E-state index in [1.807, 2.05) is 0 Å². The molecule has 2 heteroatoms. The van der Waals surface area contributed by atoms with Crippen LogP contribution in [0.25, 0.3) is 0 Å². The molecule has 0 unspecified atom stereocenters. The lowest BCUT2D eigenvalue weighted by molar-refractivity contribution is 0.236. The Hall–Kier alpha value is -0.110. The molecule has 0 atom stereocenters. The van der Waals surface area contributed by atoms with E-state index in [1.54, 1.807) is 0 Å². The molecule has 0 aliphatic heterocycles. The van der Waals surface area contributed by atoms with Crippen molar-refractivity contribution in [2.24, 2.45) is 5.73 Å². The van der Waals surface area contributed by atoms with Gasteiger partial charge in [0.25, 0.3) is 0 Å². The fraction of sp³-hybridized carbons (Fsp3) is 1.00. The molecule has 8 heavy (non-hydrogen) atoms. The Labute approximate surface area is 49.1 Å². The van der Waals surface area contributed by atoms with Crippen molar-refractivity contribution < 1.29 is 4.39 Å². The van der Waals surface area contributed by atoms with E-state index in [9.17, 15) is 4.39 Å². The number of nitrogens with two attached hydrogens (primary N) is 1. The van der Waals surface area contributed by atoms with Crippen LogP contribution in [0.5, 0.6) is 0 Å². The molecule has 0 aromatic carbocycles. The molecule has 0 heterocycles. The minimum absolute atomic E-state index is 0.280. The summed E-state index contributed by atoms with van der Waals surface area (Å²) in [5.41, 5.74) is 5.53. The molecule has 48 valence electrons. The Balaban J connectivity index is 2.19. The van der Waals surface area contributed by atoms with E-state index in [0.29, 0.717) is 12.8 Å². The van der Waals surface area contributed by atoms with Crippen LogP contribution in [0.1, 0.15) is 25.7 Å². The third-order valence-electron chi connectivity index (χ3n) is 1.70. The summed E-state index contributed by atoms with van der Waals surface area (Å²) in [6.07, 6.45) is 2.56. The molecule has 0 bridgehead atoms. The quantitative estimate of drug-likeness (QED) is 0.507. The maximum atomic E-state index is 12.3. The average Bonchev–Trinajstić information content (AvgIpc) is 1.77. The SMILES string of the molecule is NC1CCC(F)CC1. The van der Waals surface area contributed by atoms with Crippen LogP contribution >= 0.6 is 0 Å². The van der Waals surface area contributed by atoms with E-state index >= 15 is 0 Å². The second-order valence-corrected chi connectivity index (χ2v) is 2.51. The molecule has 0 amide bonds. The lowest BCUT2D eigenvalue weighted by Crippen LogP contribution is -2.26. The molecule has 0 spiro atoms. The molecule has 0 aromatic rings. The standard InChI is InChI=1S/C6H12FN/c7-5-1-3-6(8)4-2-5/h5-6H,1-4,8H2. The maximum Gasteiger partial charge on any atom is 0.100 e. The number of hydrogen-bond acceptors (Lipinski definition) is 1. The summed E-state index contributed by atoms with van der Waals surface area (Å²) in [7, 11) is 0. The van der Waals surface area contributed by atoms with Gasteiger partial charge in [-0.15, -0.1) is 0 Å². The van der Waals surface area contributed by atoms with Crippen molar-refractivity contribution in [3.63, 3.8) is 0 Å². The van der Waals surface area contributed by atoms with Crippen LogP contribution in [-0.2, 0) is 0 Å². The highest BCUT2D eigenvalue weighted by atomic mass is 19.1. The van der Waals surface area contributed by atoms with Crippen molar-refractivity contribution in [1.82, 2.24) is 0 Å². The van der Waals surface area contributed by atoms with Crippen LogP contribution in [0.2, 0.25) is 0 Å². The van der Waals surface area contributed by atoms with Crippen LogP contribution in [0, 0.1) is 0 Å². The van der Waals surface area contributed by atoms with Crippen LogP contribution in [0.15, 0.2) is 0 Å². The van der Waals surface area contributed by atoms with E-state index in [0.717, 1.165) is 12.8 Å². The van der Waals surface area contributed by atoms with Crippen LogP contribution in [-0.4, -0.2) is 12.2 Å². The van der Waals surface area contributed by atoms with Gasteiger partial charge < -0.3 is 5.73 Å². The highest BCUT2D eigenvalue weighted by Gasteiger charge is 2.16. The highest BCUT2D eigenvalue weighted by molar-refractivity contribution is 4.72. The molecule has 1 aliphatic carbocycles. The summed E-state index contributed by atoms with van der Waals surface area (Å²) in [5, 5.41) is 0. The zero-order valence-corrected chi connectivity index (χ0v) is 4.94. The number of alkyl halides is 1. The average molecular weight is 117 g/mol. The second kappa shape index (κ2) is 2.44. The first-order chi connectivity index (χ1) is 3.79. The molecule has 1 aliphatic rings. The zero-order valence-electron chi connectivity index (χ0n) is 4.94. The van der Waals surface area contributed by atoms with E-state index < -0.39 is 6.17 Å². The van der Waals surface area contributed by atoms with E-state index in [1.165, 1.54) is 0 Å². The molecule has 0 radical (unpaired) electrons. The normalized spacial score (nSPS) is 39.8. The van der Waals surface area contributed by atoms with Gasteiger partial charge >= 0.3 is 0 Å². The molecule has 0 aromatic heterocycles. The Morgan fingerprint density at radius 2 is 1.62 bits per heavy atom. The van der Waals surface area contributed by atoms with Gasteiger partial charge in [0.15, 0.2) is 0 Å². The fourth-order valence-electron chi connectivity index (χ4n) is 1.08. The topological polar surface area (TPSA) is 26.0 Å². The Bertz CT molecular complexity index is 56.9. The van der Waals surface area contributed by atoms with Crippen molar-refractivity contribution in [3.05, 3.63) is 0 Å². The van der Waals surface area contributed by atoms with Crippen molar-refractivity contribution in [1.29, 1.82) is 0 Å². The predicted molar refractivity (Wildman–Crippen MR) is 31.3 cm³/mol. The third kappa shape index (κ3) is 1.44. The van der Waals surface area contributed by atoms with Crippen molar-refractivity contribution in [2.45, 2.75) is 37.9 Å². The summed E-state index contributed by atoms with van der Waals surface area (Å²) < 4.78 is 12.3. The Kier molecular flexibility index (Phi) is 1.84. The van der Waals surface area contributed by atoms with Gasteiger partial charge in [-0.05, 0) is 25.7 Å². The third-order valence-corrected chi connectivity index (χ3v) is 1.70. The first-order valence-electron chi connectivity index (χ1n) is 3.18. The summed E-state index contributed by atoms with van der Waals surface area (Å²) >= 11 is 0. The van der Waals surface area contributed by atoms with Crippen LogP contribution in [0.3, 0.4) is 0 Å². The van der Waals surface area contributed by atoms with Gasteiger partial charge in [0.1, 0.15) is 6.17 Å². The van der Waals surface area contributed by atoms with Crippen LogP contribution in [0.4, 0.5) is 4.39 Å². The summed E-state index contributed by atoms with van der Waals surface area (Å²) in [4.78, 5) is 0. The largest absolute Gasteiger partial charge is 0.328 e. The van der Waals surface area contributed by atoms with Gasteiger partial charge in [0, 0.05) is 6.04 Å². The molecular formula is C6H12FN. The number of rotatable bonds is 0. The maximum absolute atomic E-state index is 12.3. The van der Waals surface area contributed by atoms with Crippen molar-refractivity contribution in [3.8, 4) is 0 Å². The van der Waals surface area contributed by atoms with E-state index in [-0.39, 0.29) is 6.04 Å². The lowest BCUT2D eigenvalue weighted by Gasteiger charge is -2.19. The first kappa shape index (κ1) is 6.02. The zero-order chi connectivity index (χ0) is 5.98. The molecule has 1 fully saturated rings. The van der Waals surface area contributed by atoms with Gasteiger partial charge in [-0.3, -0.25) is 0 Å². The monoisotopic (exact) mass is 117 g/mol. The minimum atomic E-state index is -0.560. The Morgan fingerprint density at radius 1 is 1.12 bits per heavy atom. The minimum Gasteiger partial charge on any atom is -0.328 e. The van der Waals surface area contributed by atoms with E-state index in [2.05, 4.69) is 0 Å². The summed E-state index contributed by atoms with van der Waals surface area (Å²) in [6.45, 7) is 0. The number of hydrogen-bond donors (Lipinski definition) is 1. The van der Waals surface area contributed by atoms with Gasteiger partial charge in [-0.2, -0.15) is 0 Å². The first-order valence-corrected chi connectivity index (χ1v) is 3.18. The smallest absolute Gasteiger partial charge is 0.100 e. The fourth-order valence-corrected chi connectivity index (χ4v) is 1.08. The van der Waals surface area contributed by atoms with E-state index in [4.69, 9.17) is 5.73 Å². The molecule has 2 N–H and O–H groups in total. The molecule has 1 nitrogen and oxygen atoms in total. The van der Waals surface area contributed by atoms with Gasteiger partial charge in [-0.1, -0.05) is 0 Å².